The highest BCUT2D eigenvalue weighted by molar-refractivity contribution is 6.00. The number of anilines is 1. The number of hydrogen-bond acceptors (Lipinski definition) is 4. The molecule has 0 fully saturated rings. The lowest BCUT2D eigenvalue weighted by atomic mass is 10.0. The fraction of sp³-hybridized carbons (Fsp3) is 0.300. The molecule has 0 saturated heterocycles. The van der Waals surface area contributed by atoms with Crippen molar-refractivity contribution in [2.75, 3.05) is 11.9 Å². The molecule has 3 rings (SSSR count). The molecule has 3 aromatic rings. The summed E-state index contributed by atoms with van der Waals surface area (Å²) in [6, 6.07) is 19.1. The molecule has 0 aliphatic heterocycles. The third-order valence-corrected chi connectivity index (χ3v) is 5.56. The number of fused-ring (bicyclic) bond motifs is 1. The van der Waals surface area contributed by atoms with E-state index >= 15 is 0 Å². The molecule has 0 aliphatic rings. The Bertz CT molecular complexity index is 1320. The first kappa shape index (κ1) is 27.3. The molecule has 3 amide bonds. The normalized spacial score (nSPS) is 11.9. The Morgan fingerprint density at radius 3 is 2.22 bits per heavy atom. The van der Waals surface area contributed by atoms with Crippen molar-refractivity contribution < 1.29 is 19.1 Å². The van der Waals surface area contributed by atoms with Crippen LogP contribution in [0.15, 0.2) is 66.7 Å². The maximum atomic E-state index is 13.7. The van der Waals surface area contributed by atoms with Gasteiger partial charge in [-0.3, -0.25) is 9.59 Å². The number of ether oxygens (including phenoxy) is 1. The molecule has 192 valence electrons. The molecular formula is C30H33N3O4. The van der Waals surface area contributed by atoms with Crippen LogP contribution in [0.5, 0.6) is 0 Å². The Hall–Kier alpha value is -4.31. The number of rotatable bonds is 7. The van der Waals surface area contributed by atoms with Gasteiger partial charge in [0.05, 0.1) is 0 Å². The molecular weight excluding hydrogens is 466 g/mol. The predicted octanol–water partition coefficient (Wildman–Crippen LogP) is 5.26. The van der Waals surface area contributed by atoms with Crippen LogP contribution >= 0.6 is 0 Å². The maximum Gasteiger partial charge on any atom is 0.408 e. The van der Waals surface area contributed by atoms with Gasteiger partial charge in [-0.25, -0.2) is 4.79 Å². The first-order valence-corrected chi connectivity index (χ1v) is 12.1. The second kappa shape index (κ2) is 11.6. The summed E-state index contributed by atoms with van der Waals surface area (Å²) >= 11 is 0. The number of carbonyl (C=O) groups excluding carboxylic acids is 3. The predicted molar refractivity (Wildman–Crippen MR) is 146 cm³/mol. The monoisotopic (exact) mass is 499 g/mol. The van der Waals surface area contributed by atoms with Crippen molar-refractivity contribution in [1.82, 2.24) is 10.2 Å². The Labute approximate surface area is 218 Å². The molecule has 0 aliphatic carbocycles. The average molecular weight is 500 g/mol. The molecule has 7 heteroatoms. The van der Waals surface area contributed by atoms with Crippen LogP contribution in [0.1, 0.15) is 51.8 Å². The van der Waals surface area contributed by atoms with Gasteiger partial charge in [-0.05, 0) is 75.2 Å². The second-order valence-electron chi connectivity index (χ2n) is 9.97. The summed E-state index contributed by atoms with van der Waals surface area (Å²) in [5, 5.41) is 7.49. The Balaban J connectivity index is 1.91. The van der Waals surface area contributed by atoms with Gasteiger partial charge < -0.3 is 20.3 Å². The van der Waals surface area contributed by atoms with Crippen molar-refractivity contribution in [2.24, 2.45) is 0 Å². The molecule has 7 nitrogen and oxygen atoms in total. The lowest BCUT2D eigenvalue weighted by Crippen LogP contribution is -2.49. The van der Waals surface area contributed by atoms with Crippen LogP contribution in [0.25, 0.3) is 10.8 Å². The van der Waals surface area contributed by atoms with Crippen molar-refractivity contribution in [3.8, 4) is 12.3 Å². The molecule has 0 aromatic heterocycles. The minimum atomic E-state index is -0.966. The Morgan fingerprint density at radius 1 is 0.973 bits per heavy atom. The van der Waals surface area contributed by atoms with Crippen molar-refractivity contribution >= 4 is 34.4 Å². The van der Waals surface area contributed by atoms with Crippen molar-refractivity contribution in [3.05, 3.63) is 77.9 Å². The molecule has 37 heavy (non-hydrogen) atoms. The highest BCUT2D eigenvalue weighted by Crippen LogP contribution is 2.27. The van der Waals surface area contributed by atoms with E-state index < -0.39 is 23.6 Å². The van der Waals surface area contributed by atoms with E-state index in [1.165, 1.54) is 4.90 Å². The van der Waals surface area contributed by atoms with E-state index in [2.05, 4.69) is 16.6 Å². The van der Waals surface area contributed by atoms with Gasteiger partial charge in [-0.15, -0.1) is 6.42 Å². The number of nitrogens with zero attached hydrogens (tertiary/aromatic N) is 1. The van der Waals surface area contributed by atoms with E-state index in [9.17, 15) is 14.4 Å². The van der Waals surface area contributed by atoms with E-state index in [1.54, 1.807) is 45.0 Å². The van der Waals surface area contributed by atoms with Gasteiger partial charge in [-0.2, -0.15) is 0 Å². The van der Waals surface area contributed by atoms with E-state index in [0.29, 0.717) is 16.8 Å². The minimum absolute atomic E-state index is 0.324. The molecule has 1 atom stereocenters. The smallest absolute Gasteiger partial charge is 0.408 e. The van der Waals surface area contributed by atoms with Crippen molar-refractivity contribution in [1.29, 1.82) is 0 Å². The average Bonchev–Trinajstić information content (AvgIpc) is 2.84. The summed E-state index contributed by atoms with van der Waals surface area (Å²) in [4.78, 5) is 40.7. The molecule has 0 bridgehead atoms. The van der Waals surface area contributed by atoms with Crippen LogP contribution in [-0.2, 0) is 14.3 Å². The number of hydrogen-bond donors (Lipinski definition) is 2. The SMILES string of the molecule is C#Cc1ccc(C(C(=O)Nc2ccc3ccccc3c2)N(C(=O)CNC(=O)OC(C)(C)C)C(C)C)cc1. The van der Waals surface area contributed by atoms with Gasteiger partial charge in [0.25, 0.3) is 5.91 Å². The first-order valence-electron chi connectivity index (χ1n) is 12.1. The number of amides is 3. The summed E-state index contributed by atoms with van der Waals surface area (Å²) in [6.07, 6.45) is 4.80. The molecule has 0 saturated carbocycles. The topological polar surface area (TPSA) is 87.7 Å². The largest absolute Gasteiger partial charge is 0.444 e. The van der Waals surface area contributed by atoms with Crippen LogP contribution in [0.4, 0.5) is 10.5 Å². The number of carbonyl (C=O) groups is 3. The summed E-state index contributed by atoms with van der Waals surface area (Å²) in [5.74, 6) is 1.75. The van der Waals surface area contributed by atoms with E-state index in [-0.39, 0.29) is 18.5 Å². The van der Waals surface area contributed by atoms with Crippen LogP contribution in [0.3, 0.4) is 0 Å². The van der Waals surface area contributed by atoms with Gasteiger partial charge in [0, 0.05) is 17.3 Å². The standard InChI is InChI=1S/C30H33N3O4/c1-7-21-12-14-23(15-13-21)27(28(35)32-25-17-16-22-10-8-9-11-24(22)18-25)33(20(2)3)26(34)19-31-29(36)37-30(4,5)6/h1,8-18,20,27H,19H2,2-6H3,(H,31,36)(H,32,35). The number of terminal acetylenes is 1. The second-order valence-corrected chi connectivity index (χ2v) is 9.97. The lowest BCUT2D eigenvalue weighted by molar-refractivity contribution is -0.140. The van der Waals surface area contributed by atoms with Gasteiger partial charge in [0.2, 0.25) is 5.91 Å². The lowest BCUT2D eigenvalue weighted by Gasteiger charge is -2.34. The van der Waals surface area contributed by atoms with E-state index in [0.717, 1.165) is 10.8 Å². The summed E-state index contributed by atoms with van der Waals surface area (Å²) in [6.45, 7) is 8.52. The van der Waals surface area contributed by atoms with Gasteiger partial charge in [0.1, 0.15) is 18.2 Å². The fourth-order valence-electron chi connectivity index (χ4n) is 3.96. The van der Waals surface area contributed by atoms with Crippen molar-refractivity contribution in [2.45, 2.75) is 52.3 Å². The highest BCUT2D eigenvalue weighted by Gasteiger charge is 2.33. The van der Waals surface area contributed by atoms with Gasteiger partial charge in [0.15, 0.2) is 0 Å². The van der Waals surface area contributed by atoms with Gasteiger partial charge in [-0.1, -0.05) is 48.4 Å². The minimum Gasteiger partial charge on any atom is -0.444 e. The molecule has 3 aromatic carbocycles. The van der Waals surface area contributed by atoms with E-state index in [1.807, 2.05) is 56.3 Å². The zero-order valence-electron chi connectivity index (χ0n) is 21.9. The van der Waals surface area contributed by atoms with Crippen LogP contribution in [0.2, 0.25) is 0 Å². The zero-order valence-corrected chi connectivity index (χ0v) is 21.9. The number of benzene rings is 3. The van der Waals surface area contributed by atoms with E-state index in [4.69, 9.17) is 11.2 Å². The first-order chi connectivity index (χ1) is 17.5. The Kier molecular flexibility index (Phi) is 8.56. The fourth-order valence-corrected chi connectivity index (χ4v) is 3.96. The number of nitrogens with one attached hydrogen (secondary N) is 2. The third-order valence-electron chi connectivity index (χ3n) is 5.56. The molecule has 0 radical (unpaired) electrons. The quantitative estimate of drug-likeness (QED) is 0.434. The van der Waals surface area contributed by atoms with Crippen LogP contribution in [-0.4, -0.2) is 41.0 Å². The molecule has 0 heterocycles. The summed E-state index contributed by atoms with van der Waals surface area (Å²) in [5.41, 5.74) is 1.16. The maximum absolute atomic E-state index is 13.7. The van der Waals surface area contributed by atoms with Gasteiger partial charge >= 0.3 is 6.09 Å². The molecule has 1 unspecified atom stereocenters. The van der Waals surface area contributed by atoms with Crippen LogP contribution < -0.4 is 10.6 Å². The third kappa shape index (κ3) is 7.34. The molecule has 0 spiro atoms. The Morgan fingerprint density at radius 2 is 1.62 bits per heavy atom. The number of alkyl carbamates (subject to hydrolysis) is 1. The summed E-state index contributed by atoms with van der Waals surface area (Å²) < 4.78 is 5.24. The van der Waals surface area contributed by atoms with Crippen LogP contribution in [0, 0.1) is 12.3 Å². The van der Waals surface area contributed by atoms with Crippen molar-refractivity contribution in [3.63, 3.8) is 0 Å². The summed E-state index contributed by atoms with van der Waals surface area (Å²) in [7, 11) is 0. The zero-order chi connectivity index (χ0) is 27.2. The molecule has 2 N–H and O–H groups in total. The highest BCUT2D eigenvalue weighted by atomic mass is 16.6.